The Morgan fingerprint density at radius 3 is 2.68 bits per heavy atom. The number of carbonyl (C=O) groups is 1. The molecule has 0 bridgehead atoms. The van der Waals surface area contributed by atoms with Gasteiger partial charge in [0.15, 0.2) is 5.82 Å². The van der Waals surface area contributed by atoms with Crippen LogP contribution in [0.1, 0.15) is 27.3 Å². The minimum Gasteiger partial charge on any atom is -0.348 e. The van der Waals surface area contributed by atoms with Gasteiger partial charge in [0.05, 0.1) is 11.3 Å². The normalized spacial score (nSPS) is 10.7. The molecule has 0 saturated heterocycles. The second-order valence-electron chi connectivity index (χ2n) is 5.67. The van der Waals surface area contributed by atoms with Gasteiger partial charge in [-0.2, -0.15) is 5.10 Å². The fourth-order valence-corrected chi connectivity index (χ4v) is 3.06. The Morgan fingerprint density at radius 1 is 1.24 bits per heavy atom. The van der Waals surface area contributed by atoms with Crippen LogP contribution < -0.4 is 5.32 Å². The fraction of sp³-hybridized carbons (Fsp3) is 0.167. The second kappa shape index (κ2) is 7.37. The maximum Gasteiger partial charge on any atom is 0.252 e. The summed E-state index contributed by atoms with van der Waals surface area (Å²) in [5.41, 5.74) is 3.37. The third-order valence-corrected chi connectivity index (χ3v) is 4.59. The number of aryl methyl sites for hydroxylation is 2. The van der Waals surface area contributed by atoms with Crippen LogP contribution in [0.2, 0.25) is 5.02 Å². The summed E-state index contributed by atoms with van der Waals surface area (Å²) in [5, 5.41) is 7.79. The standard InChI is InChI=1S/C18H16BrClN4O/c1-11-7-12(2)24(23-11)17-6-3-13(9-21-17)10-22-18(25)15-8-14(20)4-5-16(15)19/h3-9H,10H2,1-2H3,(H,22,25). The molecular formula is C18H16BrClN4O. The SMILES string of the molecule is Cc1cc(C)n(-c2ccc(CNC(=O)c3cc(Cl)ccc3Br)cn2)n1. The number of rotatable bonds is 4. The molecule has 1 aromatic carbocycles. The summed E-state index contributed by atoms with van der Waals surface area (Å²) in [6.45, 7) is 4.31. The van der Waals surface area contributed by atoms with Crippen molar-refractivity contribution in [2.24, 2.45) is 0 Å². The van der Waals surface area contributed by atoms with Gasteiger partial charge < -0.3 is 5.32 Å². The molecule has 0 fully saturated rings. The molecule has 0 spiro atoms. The lowest BCUT2D eigenvalue weighted by Gasteiger charge is -2.08. The Morgan fingerprint density at radius 2 is 2.04 bits per heavy atom. The van der Waals surface area contributed by atoms with E-state index in [-0.39, 0.29) is 5.91 Å². The van der Waals surface area contributed by atoms with Crippen molar-refractivity contribution in [1.82, 2.24) is 20.1 Å². The minimum atomic E-state index is -0.197. The molecule has 0 aliphatic rings. The number of nitrogens with one attached hydrogen (secondary N) is 1. The number of hydrogen-bond donors (Lipinski definition) is 1. The molecule has 128 valence electrons. The number of hydrogen-bond acceptors (Lipinski definition) is 3. The summed E-state index contributed by atoms with van der Waals surface area (Å²) in [5.74, 6) is 0.551. The highest BCUT2D eigenvalue weighted by Gasteiger charge is 2.11. The Balaban J connectivity index is 1.69. The molecule has 1 amide bonds. The van der Waals surface area contributed by atoms with E-state index in [2.05, 4.69) is 31.3 Å². The van der Waals surface area contributed by atoms with Crippen molar-refractivity contribution in [3.63, 3.8) is 0 Å². The van der Waals surface area contributed by atoms with E-state index in [0.29, 0.717) is 21.6 Å². The lowest BCUT2D eigenvalue weighted by atomic mass is 10.2. The molecule has 0 radical (unpaired) electrons. The molecule has 0 saturated carbocycles. The lowest BCUT2D eigenvalue weighted by molar-refractivity contribution is 0.0950. The zero-order chi connectivity index (χ0) is 18.0. The smallest absolute Gasteiger partial charge is 0.252 e. The van der Waals surface area contributed by atoms with Crippen LogP contribution in [-0.2, 0) is 6.54 Å². The third-order valence-electron chi connectivity index (χ3n) is 3.66. The van der Waals surface area contributed by atoms with Crippen LogP contribution in [0.25, 0.3) is 5.82 Å². The van der Waals surface area contributed by atoms with Crippen LogP contribution in [0.15, 0.2) is 47.1 Å². The first-order valence-electron chi connectivity index (χ1n) is 7.66. The quantitative estimate of drug-likeness (QED) is 0.688. The molecule has 2 aromatic heterocycles. The van der Waals surface area contributed by atoms with Crippen LogP contribution in [0, 0.1) is 13.8 Å². The van der Waals surface area contributed by atoms with E-state index in [9.17, 15) is 4.79 Å². The molecule has 7 heteroatoms. The predicted molar refractivity (Wildman–Crippen MR) is 101 cm³/mol. The van der Waals surface area contributed by atoms with Crippen molar-refractivity contribution in [3.05, 3.63) is 74.6 Å². The van der Waals surface area contributed by atoms with Crippen molar-refractivity contribution in [3.8, 4) is 5.82 Å². The van der Waals surface area contributed by atoms with E-state index in [0.717, 1.165) is 22.8 Å². The van der Waals surface area contributed by atoms with Gasteiger partial charge in [0.2, 0.25) is 0 Å². The van der Waals surface area contributed by atoms with E-state index >= 15 is 0 Å². The number of carbonyl (C=O) groups excluding carboxylic acids is 1. The van der Waals surface area contributed by atoms with Crippen molar-refractivity contribution < 1.29 is 4.79 Å². The van der Waals surface area contributed by atoms with Gasteiger partial charge in [-0.3, -0.25) is 4.79 Å². The summed E-state index contributed by atoms with van der Waals surface area (Å²) in [4.78, 5) is 16.7. The van der Waals surface area contributed by atoms with E-state index < -0.39 is 0 Å². The molecule has 3 aromatic rings. The average Bonchev–Trinajstić information content (AvgIpc) is 2.93. The van der Waals surface area contributed by atoms with Gasteiger partial charge in [-0.15, -0.1) is 0 Å². The highest BCUT2D eigenvalue weighted by molar-refractivity contribution is 9.10. The maximum atomic E-state index is 12.3. The fourth-order valence-electron chi connectivity index (χ4n) is 2.46. The predicted octanol–water partition coefficient (Wildman–Crippen LogP) is 4.23. The Hall–Kier alpha value is -2.18. The molecule has 1 N–H and O–H groups in total. The molecule has 0 aliphatic carbocycles. The van der Waals surface area contributed by atoms with Crippen LogP contribution in [0.4, 0.5) is 0 Å². The van der Waals surface area contributed by atoms with Gasteiger partial charge in [0, 0.05) is 27.9 Å². The van der Waals surface area contributed by atoms with E-state index in [1.165, 1.54) is 0 Å². The molecule has 2 heterocycles. The van der Waals surface area contributed by atoms with Crippen LogP contribution in [-0.4, -0.2) is 20.7 Å². The van der Waals surface area contributed by atoms with Crippen molar-refractivity contribution in [1.29, 1.82) is 0 Å². The maximum absolute atomic E-state index is 12.3. The zero-order valence-corrected chi connectivity index (χ0v) is 16.1. The largest absolute Gasteiger partial charge is 0.348 e. The summed E-state index contributed by atoms with van der Waals surface area (Å²) in [7, 11) is 0. The van der Waals surface area contributed by atoms with Crippen LogP contribution >= 0.6 is 27.5 Å². The molecule has 25 heavy (non-hydrogen) atoms. The lowest BCUT2D eigenvalue weighted by Crippen LogP contribution is -2.23. The number of pyridine rings is 1. The van der Waals surface area contributed by atoms with Gasteiger partial charge in [-0.1, -0.05) is 17.7 Å². The highest BCUT2D eigenvalue weighted by Crippen LogP contribution is 2.21. The molecule has 0 atom stereocenters. The summed E-state index contributed by atoms with van der Waals surface area (Å²) < 4.78 is 2.49. The van der Waals surface area contributed by atoms with E-state index in [1.54, 1.807) is 29.1 Å². The number of nitrogens with zero attached hydrogens (tertiary/aromatic N) is 3. The van der Waals surface area contributed by atoms with Gasteiger partial charge in [0.25, 0.3) is 5.91 Å². The highest BCUT2D eigenvalue weighted by atomic mass is 79.9. The molecule has 0 unspecified atom stereocenters. The number of amides is 1. The molecule has 3 rings (SSSR count). The number of aromatic nitrogens is 3. The van der Waals surface area contributed by atoms with Crippen molar-refractivity contribution >= 4 is 33.4 Å². The van der Waals surface area contributed by atoms with Crippen LogP contribution in [0.5, 0.6) is 0 Å². The number of benzene rings is 1. The summed E-state index contributed by atoms with van der Waals surface area (Å²) >= 11 is 9.31. The topological polar surface area (TPSA) is 59.8 Å². The van der Waals surface area contributed by atoms with E-state index in [1.807, 2.05) is 32.0 Å². The van der Waals surface area contributed by atoms with Crippen LogP contribution in [0.3, 0.4) is 0 Å². The second-order valence-corrected chi connectivity index (χ2v) is 6.96. The van der Waals surface area contributed by atoms with Gasteiger partial charge in [-0.25, -0.2) is 9.67 Å². The first kappa shape index (κ1) is 17.6. The average molecular weight is 420 g/mol. The summed E-state index contributed by atoms with van der Waals surface area (Å²) in [6, 6.07) is 10.9. The van der Waals surface area contributed by atoms with Gasteiger partial charge in [0.1, 0.15) is 0 Å². The molecule has 5 nitrogen and oxygen atoms in total. The van der Waals surface area contributed by atoms with Gasteiger partial charge >= 0.3 is 0 Å². The molecular weight excluding hydrogens is 404 g/mol. The van der Waals surface area contributed by atoms with E-state index in [4.69, 9.17) is 11.6 Å². The monoisotopic (exact) mass is 418 g/mol. The summed E-state index contributed by atoms with van der Waals surface area (Å²) in [6.07, 6.45) is 1.74. The Kier molecular flexibility index (Phi) is 5.20. The Labute approximate surface area is 159 Å². The van der Waals surface area contributed by atoms with Crippen molar-refractivity contribution in [2.75, 3.05) is 0 Å². The first-order chi connectivity index (χ1) is 11.9. The van der Waals surface area contributed by atoms with Gasteiger partial charge in [-0.05, 0) is 65.7 Å². The minimum absolute atomic E-state index is 0.197. The zero-order valence-electron chi connectivity index (χ0n) is 13.8. The number of halogens is 2. The third kappa shape index (κ3) is 4.08. The molecule has 0 aliphatic heterocycles. The van der Waals surface area contributed by atoms with Crippen molar-refractivity contribution in [2.45, 2.75) is 20.4 Å². The Bertz CT molecular complexity index is 921. The first-order valence-corrected chi connectivity index (χ1v) is 8.83.